The Morgan fingerprint density at radius 3 is 2.06 bits per heavy atom. The number of ether oxygens (including phenoxy) is 3. The molecule has 0 spiro atoms. The molecule has 0 atom stereocenters. The average molecular weight is 254 g/mol. The van der Waals surface area contributed by atoms with E-state index >= 15 is 0 Å². The molecule has 3 N–H and O–H groups in total. The summed E-state index contributed by atoms with van der Waals surface area (Å²) in [7, 11) is 1.81. The van der Waals surface area contributed by atoms with Gasteiger partial charge in [-0.05, 0) is 20.8 Å². The Morgan fingerprint density at radius 1 is 1.00 bits per heavy atom. The van der Waals surface area contributed by atoms with Crippen LogP contribution < -0.4 is 25.3 Å². The molecule has 0 aliphatic carbocycles. The Kier molecular flexibility index (Phi) is 5.42. The van der Waals surface area contributed by atoms with Crippen LogP contribution >= 0.6 is 0 Å². The first-order valence-corrected chi connectivity index (χ1v) is 6.22. The van der Waals surface area contributed by atoms with Gasteiger partial charge in [0.25, 0.3) is 0 Å². The summed E-state index contributed by atoms with van der Waals surface area (Å²) in [5.41, 5.74) is 7.29. The van der Waals surface area contributed by atoms with E-state index in [4.69, 9.17) is 19.9 Å². The summed E-state index contributed by atoms with van der Waals surface area (Å²) in [6.07, 6.45) is 0. The van der Waals surface area contributed by atoms with Crippen LogP contribution in [0.25, 0.3) is 0 Å². The highest BCUT2D eigenvalue weighted by Gasteiger charge is 2.18. The Morgan fingerprint density at radius 2 is 1.56 bits per heavy atom. The van der Waals surface area contributed by atoms with Crippen LogP contribution in [0.2, 0.25) is 0 Å². The first-order valence-electron chi connectivity index (χ1n) is 6.22. The van der Waals surface area contributed by atoms with E-state index in [9.17, 15) is 0 Å². The van der Waals surface area contributed by atoms with Gasteiger partial charge in [-0.1, -0.05) is 0 Å². The van der Waals surface area contributed by atoms with Crippen molar-refractivity contribution in [2.24, 2.45) is 0 Å². The quantitative estimate of drug-likeness (QED) is 0.732. The van der Waals surface area contributed by atoms with Crippen molar-refractivity contribution in [3.63, 3.8) is 0 Å². The van der Waals surface area contributed by atoms with Gasteiger partial charge in [-0.2, -0.15) is 0 Å². The molecule has 18 heavy (non-hydrogen) atoms. The maximum absolute atomic E-state index is 6.05. The summed E-state index contributed by atoms with van der Waals surface area (Å²) in [4.78, 5) is 0. The van der Waals surface area contributed by atoms with Crippen molar-refractivity contribution in [2.45, 2.75) is 20.8 Å². The van der Waals surface area contributed by atoms with Crippen LogP contribution in [0, 0.1) is 0 Å². The topological polar surface area (TPSA) is 65.7 Å². The summed E-state index contributed by atoms with van der Waals surface area (Å²) < 4.78 is 16.7. The summed E-state index contributed by atoms with van der Waals surface area (Å²) in [6.45, 7) is 7.38. The van der Waals surface area contributed by atoms with Gasteiger partial charge in [-0.25, -0.2) is 0 Å². The second-order valence-electron chi connectivity index (χ2n) is 3.54. The zero-order valence-electron chi connectivity index (χ0n) is 11.5. The monoisotopic (exact) mass is 254 g/mol. The molecule has 0 bridgehead atoms. The van der Waals surface area contributed by atoms with Crippen LogP contribution in [0.3, 0.4) is 0 Å². The predicted octanol–water partition coefficient (Wildman–Crippen LogP) is 2.51. The maximum atomic E-state index is 6.05. The van der Waals surface area contributed by atoms with E-state index in [2.05, 4.69) is 5.32 Å². The summed E-state index contributed by atoms with van der Waals surface area (Å²) in [5.74, 6) is 1.85. The minimum Gasteiger partial charge on any atom is -0.491 e. The number of nitrogens with one attached hydrogen (secondary N) is 1. The van der Waals surface area contributed by atoms with Gasteiger partial charge in [0.1, 0.15) is 22.9 Å². The van der Waals surface area contributed by atoms with Crippen molar-refractivity contribution in [1.82, 2.24) is 0 Å². The van der Waals surface area contributed by atoms with Crippen molar-refractivity contribution in [2.75, 3.05) is 37.9 Å². The highest BCUT2D eigenvalue weighted by Crippen LogP contribution is 2.45. The molecule has 0 aromatic heterocycles. The molecular formula is C13H22N2O3. The molecule has 0 fully saturated rings. The number of hydrogen-bond donors (Lipinski definition) is 2. The highest BCUT2D eigenvalue weighted by atomic mass is 16.5. The number of rotatable bonds is 7. The SMILES string of the molecule is CCOc1cc(OCC)c(NC)c(OCC)c1N. The number of benzene rings is 1. The van der Waals surface area contributed by atoms with E-state index in [1.54, 1.807) is 13.1 Å². The van der Waals surface area contributed by atoms with Crippen molar-refractivity contribution in [3.05, 3.63) is 6.07 Å². The molecule has 0 unspecified atom stereocenters. The lowest BCUT2D eigenvalue weighted by Gasteiger charge is -2.19. The molecular weight excluding hydrogens is 232 g/mol. The minimum atomic E-state index is 0.492. The molecule has 1 aromatic rings. The van der Waals surface area contributed by atoms with Crippen molar-refractivity contribution < 1.29 is 14.2 Å². The average Bonchev–Trinajstić information content (AvgIpc) is 2.36. The van der Waals surface area contributed by atoms with E-state index in [1.165, 1.54) is 0 Å². The zero-order chi connectivity index (χ0) is 13.5. The predicted molar refractivity (Wildman–Crippen MR) is 73.9 cm³/mol. The van der Waals surface area contributed by atoms with Gasteiger partial charge in [0.15, 0.2) is 5.75 Å². The van der Waals surface area contributed by atoms with E-state index in [-0.39, 0.29) is 0 Å². The first-order chi connectivity index (χ1) is 8.69. The lowest BCUT2D eigenvalue weighted by Crippen LogP contribution is -2.07. The molecule has 0 radical (unpaired) electrons. The molecule has 102 valence electrons. The smallest absolute Gasteiger partial charge is 0.172 e. The van der Waals surface area contributed by atoms with Crippen LogP contribution in [-0.2, 0) is 0 Å². The Hall–Kier alpha value is -1.78. The Balaban J connectivity index is 3.32. The molecule has 1 aromatic carbocycles. The molecule has 5 nitrogen and oxygen atoms in total. The number of anilines is 2. The molecule has 1 rings (SSSR count). The molecule has 0 aliphatic heterocycles. The Bertz CT molecular complexity index is 394. The lowest BCUT2D eigenvalue weighted by molar-refractivity contribution is 0.312. The number of nitrogens with two attached hydrogens (primary N) is 1. The van der Waals surface area contributed by atoms with Gasteiger partial charge >= 0.3 is 0 Å². The largest absolute Gasteiger partial charge is 0.491 e. The maximum Gasteiger partial charge on any atom is 0.172 e. The van der Waals surface area contributed by atoms with Gasteiger partial charge in [-0.3, -0.25) is 0 Å². The second-order valence-corrected chi connectivity index (χ2v) is 3.54. The van der Waals surface area contributed by atoms with Crippen molar-refractivity contribution >= 4 is 11.4 Å². The first kappa shape index (κ1) is 14.3. The number of hydrogen-bond acceptors (Lipinski definition) is 5. The molecule has 0 heterocycles. The van der Waals surface area contributed by atoms with Crippen LogP contribution in [0.4, 0.5) is 11.4 Å². The number of nitrogen functional groups attached to an aromatic ring is 1. The second kappa shape index (κ2) is 6.83. The summed E-state index contributed by atoms with van der Waals surface area (Å²) in [6, 6.07) is 1.79. The van der Waals surface area contributed by atoms with E-state index in [1.807, 2.05) is 20.8 Å². The van der Waals surface area contributed by atoms with Gasteiger partial charge in [-0.15, -0.1) is 0 Å². The van der Waals surface area contributed by atoms with Crippen LogP contribution in [0.5, 0.6) is 17.2 Å². The van der Waals surface area contributed by atoms with Gasteiger partial charge in [0.05, 0.1) is 19.8 Å². The van der Waals surface area contributed by atoms with Crippen molar-refractivity contribution in [1.29, 1.82) is 0 Å². The summed E-state index contributed by atoms with van der Waals surface area (Å²) in [5, 5.41) is 3.06. The van der Waals surface area contributed by atoms with Gasteiger partial charge in [0, 0.05) is 13.1 Å². The van der Waals surface area contributed by atoms with Crippen LogP contribution in [-0.4, -0.2) is 26.9 Å². The summed E-state index contributed by atoms with van der Waals surface area (Å²) >= 11 is 0. The van der Waals surface area contributed by atoms with E-state index < -0.39 is 0 Å². The zero-order valence-corrected chi connectivity index (χ0v) is 11.5. The van der Waals surface area contributed by atoms with Crippen LogP contribution in [0.1, 0.15) is 20.8 Å². The standard InChI is InChI=1S/C13H22N2O3/c1-5-16-9-8-10(17-6-2)12(15-4)13(11(9)14)18-7-3/h8,15H,5-7,14H2,1-4H3. The fraction of sp³-hybridized carbons (Fsp3) is 0.538. The molecule has 0 saturated heterocycles. The fourth-order valence-corrected chi connectivity index (χ4v) is 1.70. The third-order valence-corrected chi connectivity index (χ3v) is 2.38. The van der Waals surface area contributed by atoms with E-state index in [0.717, 1.165) is 5.69 Å². The van der Waals surface area contributed by atoms with Crippen LogP contribution in [0.15, 0.2) is 6.07 Å². The third-order valence-electron chi connectivity index (χ3n) is 2.38. The highest BCUT2D eigenvalue weighted by molar-refractivity contribution is 5.80. The lowest BCUT2D eigenvalue weighted by atomic mass is 10.2. The molecule has 0 aliphatic rings. The minimum absolute atomic E-state index is 0.492. The fourth-order valence-electron chi connectivity index (χ4n) is 1.70. The van der Waals surface area contributed by atoms with Crippen molar-refractivity contribution in [3.8, 4) is 17.2 Å². The third kappa shape index (κ3) is 2.91. The van der Waals surface area contributed by atoms with Gasteiger partial charge < -0.3 is 25.3 Å². The van der Waals surface area contributed by atoms with Gasteiger partial charge in [0.2, 0.25) is 0 Å². The Labute approximate surface area is 108 Å². The normalized spacial score (nSPS) is 10.0. The van der Waals surface area contributed by atoms with E-state index in [0.29, 0.717) is 42.8 Å². The molecule has 0 saturated carbocycles. The molecule has 5 heteroatoms. The molecule has 0 amide bonds.